The van der Waals surface area contributed by atoms with Crippen molar-refractivity contribution in [1.82, 2.24) is 10.2 Å². The molecule has 0 aliphatic carbocycles. The maximum absolute atomic E-state index is 13.8. The van der Waals surface area contributed by atoms with Crippen LogP contribution in [-0.4, -0.2) is 50.7 Å². The molecule has 0 atom stereocenters. The number of rotatable bonds is 6. The second-order valence-electron chi connectivity index (χ2n) is 7.09. The smallest absolute Gasteiger partial charge is 0.319 e. The second-order valence-corrected chi connectivity index (χ2v) is 7.09. The topological polar surface area (TPSA) is 79.9 Å². The average Bonchev–Trinajstić information content (AvgIpc) is 2.77. The van der Waals surface area contributed by atoms with E-state index < -0.39 is 5.82 Å². The second kappa shape index (κ2) is 9.96. The molecule has 2 aromatic carbocycles. The summed E-state index contributed by atoms with van der Waals surface area (Å²) in [4.78, 5) is 26.4. The summed E-state index contributed by atoms with van der Waals surface area (Å²) in [6.07, 6.45) is 1.48. The predicted octanol–water partition coefficient (Wildman–Crippen LogP) is 3.52. The van der Waals surface area contributed by atoms with Crippen LogP contribution in [0.15, 0.2) is 42.5 Å². The Morgan fingerprint density at radius 2 is 1.80 bits per heavy atom. The highest BCUT2D eigenvalue weighted by Gasteiger charge is 2.25. The van der Waals surface area contributed by atoms with Crippen LogP contribution >= 0.6 is 0 Å². The van der Waals surface area contributed by atoms with Crippen molar-refractivity contribution in [3.63, 3.8) is 0 Å². The Kier molecular flexibility index (Phi) is 7.11. The minimum absolute atomic E-state index is 0.0979. The van der Waals surface area contributed by atoms with Gasteiger partial charge in [0.05, 0.1) is 25.5 Å². The fraction of sp³-hybridized carbons (Fsp3) is 0.364. The van der Waals surface area contributed by atoms with Crippen molar-refractivity contribution in [3.8, 4) is 11.5 Å². The summed E-state index contributed by atoms with van der Waals surface area (Å²) in [5.74, 6) is 0.434. The van der Waals surface area contributed by atoms with Gasteiger partial charge in [-0.15, -0.1) is 0 Å². The molecule has 8 heteroatoms. The zero-order valence-electron chi connectivity index (χ0n) is 17.1. The predicted molar refractivity (Wildman–Crippen MR) is 112 cm³/mol. The molecule has 2 N–H and O–H groups in total. The van der Waals surface area contributed by atoms with Gasteiger partial charge in [-0.1, -0.05) is 18.2 Å². The van der Waals surface area contributed by atoms with Gasteiger partial charge in [-0.05, 0) is 43.0 Å². The minimum Gasteiger partial charge on any atom is -0.493 e. The molecule has 3 amide bonds. The van der Waals surface area contributed by atoms with Crippen LogP contribution in [0, 0.1) is 11.7 Å². The first kappa shape index (κ1) is 21.4. The molecule has 0 unspecified atom stereocenters. The number of anilines is 1. The zero-order chi connectivity index (χ0) is 21.5. The van der Waals surface area contributed by atoms with Crippen molar-refractivity contribution in [2.45, 2.75) is 12.8 Å². The molecule has 1 aliphatic rings. The number of urea groups is 1. The van der Waals surface area contributed by atoms with E-state index in [-0.39, 0.29) is 23.4 Å². The lowest BCUT2D eigenvalue weighted by molar-refractivity contribution is 0.0686. The number of likely N-dealkylation sites (tertiary alicyclic amines) is 1. The maximum Gasteiger partial charge on any atom is 0.319 e. The Balaban J connectivity index is 1.47. The molecule has 1 aliphatic heterocycles. The monoisotopic (exact) mass is 415 g/mol. The molecule has 0 bridgehead atoms. The van der Waals surface area contributed by atoms with Crippen molar-refractivity contribution >= 4 is 17.6 Å². The Bertz CT molecular complexity index is 898. The number of methoxy groups -OCH3 is 2. The third-order valence-electron chi connectivity index (χ3n) is 5.21. The van der Waals surface area contributed by atoms with Crippen molar-refractivity contribution in [1.29, 1.82) is 0 Å². The van der Waals surface area contributed by atoms with Gasteiger partial charge in [0, 0.05) is 19.6 Å². The van der Waals surface area contributed by atoms with Gasteiger partial charge >= 0.3 is 6.03 Å². The molecular weight excluding hydrogens is 389 g/mol. The van der Waals surface area contributed by atoms with Gasteiger partial charge in [-0.3, -0.25) is 4.79 Å². The van der Waals surface area contributed by atoms with E-state index in [0.29, 0.717) is 36.8 Å². The molecule has 0 radical (unpaired) electrons. The van der Waals surface area contributed by atoms with Crippen LogP contribution in [0.2, 0.25) is 0 Å². The summed E-state index contributed by atoms with van der Waals surface area (Å²) < 4.78 is 24.4. The summed E-state index contributed by atoms with van der Waals surface area (Å²) >= 11 is 0. The van der Waals surface area contributed by atoms with Gasteiger partial charge in [0.1, 0.15) is 5.82 Å². The summed E-state index contributed by atoms with van der Waals surface area (Å²) in [5.41, 5.74) is 0.611. The van der Waals surface area contributed by atoms with E-state index in [2.05, 4.69) is 10.6 Å². The normalized spacial score (nSPS) is 14.2. The average molecular weight is 415 g/mol. The molecule has 0 spiro atoms. The number of halogens is 1. The molecule has 1 heterocycles. The van der Waals surface area contributed by atoms with Crippen molar-refractivity contribution in [2.75, 3.05) is 39.2 Å². The van der Waals surface area contributed by atoms with Crippen LogP contribution in [0.1, 0.15) is 23.2 Å². The molecule has 3 rings (SSSR count). The Labute approximate surface area is 175 Å². The third kappa shape index (κ3) is 5.00. The highest BCUT2D eigenvalue weighted by atomic mass is 19.1. The van der Waals surface area contributed by atoms with Crippen LogP contribution < -0.4 is 20.1 Å². The molecule has 1 saturated heterocycles. The number of nitrogens with one attached hydrogen (secondary N) is 2. The minimum atomic E-state index is -0.504. The Morgan fingerprint density at radius 3 is 2.47 bits per heavy atom. The Hall–Kier alpha value is -3.29. The number of carbonyl (C=O) groups is 2. The highest BCUT2D eigenvalue weighted by Crippen LogP contribution is 2.34. The number of benzene rings is 2. The van der Waals surface area contributed by atoms with Gasteiger partial charge in [0.25, 0.3) is 5.91 Å². The molecule has 0 aromatic heterocycles. The standard InChI is InChI=1S/C22H26FN3O4/c1-29-19-9-5-8-18(20(19)30-2)25-22(28)24-14-15-10-12-26(13-11-15)21(27)16-6-3-4-7-17(16)23/h3-9,15H,10-14H2,1-2H3,(H2,24,25,28). The number of ether oxygens (including phenoxy) is 2. The van der Waals surface area contributed by atoms with E-state index in [4.69, 9.17) is 9.47 Å². The van der Waals surface area contributed by atoms with E-state index in [1.807, 2.05) is 0 Å². The number of nitrogens with zero attached hydrogens (tertiary/aromatic N) is 1. The van der Waals surface area contributed by atoms with Crippen molar-refractivity contribution < 1.29 is 23.5 Å². The van der Waals surface area contributed by atoms with Crippen LogP contribution in [0.25, 0.3) is 0 Å². The lowest BCUT2D eigenvalue weighted by atomic mass is 9.96. The van der Waals surface area contributed by atoms with Gasteiger partial charge in [0.2, 0.25) is 0 Å². The largest absolute Gasteiger partial charge is 0.493 e. The first-order chi connectivity index (χ1) is 14.5. The molecule has 2 aromatic rings. The maximum atomic E-state index is 13.8. The van der Waals surface area contributed by atoms with Crippen LogP contribution in [-0.2, 0) is 0 Å². The van der Waals surface area contributed by atoms with Crippen LogP contribution in [0.5, 0.6) is 11.5 Å². The fourth-order valence-electron chi connectivity index (χ4n) is 3.53. The summed E-state index contributed by atoms with van der Waals surface area (Å²) in [5, 5.41) is 5.63. The summed E-state index contributed by atoms with van der Waals surface area (Å²) in [6.45, 7) is 1.55. The van der Waals surface area contributed by atoms with E-state index in [0.717, 1.165) is 12.8 Å². The van der Waals surface area contributed by atoms with Gasteiger partial charge in [-0.2, -0.15) is 0 Å². The van der Waals surface area contributed by atoms with Crippen molar-refractivity contribution in [2.24, 2.45) is 5.92 Å². The number of amides is 3. The number of hydrogen-bond donors (Lipinski definition) is 2. The van der Waals surface area contributed by atoms with Crippen LogP contribution in [0.3, 0.4) is 0 Å². The number of hydrogen-bond acceptors (Lipinski definition) is 4. The third-order valence-corrected chi connectivity index (χ3v) is 5.21. The SMILES string of the molecule is COc1cccc(NC(=O)NCC2CCN(C(=O)c3ccccc3F)CC2)c1OC. The zero-order valence-corrected chi connectivity index (χ0v) is 17.1. The van der Waals surface area contributed by atoms with E-state index in [9.17, 15) is 14.0 Å². The van der Waals surface area contributed by atoms with E-state index >= 15 is 0 Å². The quantitative estimate of drug-likeness (QED) is 0.757. The fourth-order valence-corrected chi connectivity index (χ4v) is 3.53. The Morgan fingerprint density at radius 1 is 1.07 bits per heavy atom. The summed E-state index contributed by atoms with van der Waals surface area (Å²) in [6, 6.07) is 10.9. The molecule has 30 heavy (non-hydrogen) atoms. The van der Waals surface area contributed by atoms with Gasteiger partial charge in [0.15, 0.2) is 11.5 Å². The van der Waals surface area contributed by atoms with Crippen LogP contribution in [0.4, 0.5) is 14.9 Å². The summed E-state index contributed by atoms with van der Waals surface area (Å²) in [7, 11) is 3.04. The van der Waals surface area contributed by atoms with E-state index in [1.165, 1.54) is 26.4 Å². The number of carbonyl (C=O) groups excluding carboxylic acids is 2. The first-order valence-corrected chi connectivity index (χ1v) is 9.83. The lowest BCUT2D eigenvalue weighted by Gasteiger charge is -2.32. The van der Waals surface area contributed by atoms with E-state index in [1.54, 1.807) is 35.2 Å². The van der Waals surface area contributed by atoms with Crippen molar-refractivity contribution in [3.05, 3.63) is 53.8 Å². The number of piperidine rings is 1. The molecule has 7 nitrogen and oxygen atoms in total. The van der Waals surface area contributed by atoms with Gasteiger partial charge in [-0.25, -0.2) is 9.18 Å². The number of para-hydroxylation sites is 1. The molecule has 160 valence electrons. The van der Waals surface area contributed by atoms with Gasteiger partial charge < -0.3 is 25.0 Å². The molecular formula is C22H26FN3O4. The lowest BCUT2D eigenvalue weighted by Crippen LogP contribution is -2.42. The molecule has 1 fully saturated rings. The highest BCUT2D eigenvalue weighted by molar-refractivity contribution is 5.94. The first-order valence-electron chi connectivity index (χ1n) is 9.83. The molecule has 0 saturated carbocycles.